The molecule has 0 spiro atoms. The third-order valence-corrected chi connectivity index (χ3v) is 3.04. The molecule has 2 heterocycles. The number of nitrogens with one attached hydrogen (secondary N) is 2. The van der Waals surface area contributed by atoms with Crippen LogP contribution in [0.2, 0.25) is 0 Å². The van der Waals surface area contributed by atoms with Crippen molar-refractivity contribution in [3.05, 3.63) is 23.9 Å². The first kappa shape index (κ1) is 13.5. The standard InChI is InChI=1S/C13H18N4O2/c1-17(2)13(19)9-5-7-15-11(8-9)16-12(18)10-4-3-6-14-10/h5,7-8,10,14H,3-4,6H2,1-2H3,(H,15,16,18). The van der Waals surface area contributed by atoms with E-state index in [1.807, 2.05) is 0 Å². The second kappa shape index (κ2) is 5.79. The SMILES string of the molecule is CN(C)C(=O)c1ccnc(NC(=O)C2CCCN2)c1. The first-order valence-electron chi connectivity index (χ1n) is 6.30. The molecule has 1 aromatic heterocycles. The Morgan fingerprint density at radius 2 is 2.26 bits per heavy atom. The van der Waals surface area contributed by atoms with Crippen molar-refractivity contribution in [2.24, 2.45) is 0 Å². The van der Waals surface area contributed by atoms with Crippen LogP contribution >= 0.6 is 0 Å². The highest BCUT2D eigenvalue weighted by molar-refractivity contribution is 5.97. The van der Waals surface area contributed by atoms with Gasteiger partial charge in [0.15, 0.2) is 0 Å². The molecule has 1 aliphatic heterocycles. The molecule has 2 rings (SSSR count). The van der Waals surface area contributed by atoms with Gasteiger partial charge in [0, 0.05) is 25.9 Å². The van der Waals surface area contributed by atoms with Crippen molar-refractivity contribution in [2.75, 3.05) is 26.0 Å². The Morgan fingerprint density at radius 1 is 1.47 bits per heavy atom. The lowest BCUT2D eigenvalue weighted by Crippen LogP contribution is -2.35. The average Bonchev–Trinajstić information content (AvgIpc) is 2.92. The van der Waals surface area contributed by atoms with Crippen LogP contribution in [0.1, 0.15) is 23.2 Å². The van der Waals surface area contributed by atoms with Crippen LogP contribution in [-0.2, 0) is 4.79 Å². The predicted molar refractivity (Wildman–Crippen MR) is 71.9 cm³/mol. The summed E-state index contributed by atoms with van der Waals surface area (Å²) < 4.78 is 0. The van der Waals surface area contributed by atoms with E-state index >= 15 is 0 Å². The molecule has 1 fully saturated rings. The van der Waals surface area contributed by atoms with Gasteiger partial charge in [-0.25, -0.2) is 4.98 Å². The Balaban J connectivity index is 2.06. The van der Waals surface area contributed by atoms with E-state index in [-0.39, 0.29) is 17.9 Å². The maximum atomic E-state index is 11.9. The van der Waals surface area contributed by atoms with Crippen molar-refractivity contribution in [2.45, 2.75) is 18.9 Å². The monoisotopic (exact) mass is 262 g/mol. The fourth-order valence-corrected chi connectivity index (χ4v) is 2.01. The van der Waals surface area contributed by atoms with Crippen LogP contribution in [0.25, 0.3) is 0 Å². The molecule has 1 saturated heterocycles. The number of carbonyl (C=O) groups excluding carboxylic acids is 2. The van der Waals surface area contributed by atoms with Crippen LogP contribution in [0.3, 0.4) is 0 Å². The molecule has 102 valence electrons. The van der Waals surface area contributed by atoms with Gasteiger partial charge in [-0.2, -0.15) is 0 Å². The zero-order valence-electron chi connectivity index (χ0n) is 11.1. The van der Waals surface area contributed by atoms with E-state index in [4.69, 9.17) is 0 Å². The Kier molecular flexibility index (Phi) is 4.11. The lowest BCUT2D eigenvalue weighted by Gasteiger charge is -2.13. The highest BCUT2D eigenvalue weighted by Crippen LogP contribution is 2.11. The fraction of sp³-hybridized carbons (Fsp3) is 0.462. The maximum absolute atomic E-state index is 11.9. The molecule has 0 saturated carbocycles. The molecule has 1 unspecified atom stereocenters. The summed E-state index contributed by atoms with van der Waals surface area (Å²) in [5.74, 6) is 0.197. The zero-order chi connectivity index (χ0) is 13.8. The van der Waals surface area contributed by atoms with E-state index in [9.17, 15) is 9.59 Å². The Labute approximate surface area is 112 Å². The summed E-state index contributed by atoms with van der Waals surface area (Å²) in [5.41, 5.74) is 0.509. The number of hydrogen-bond donors (Lipinski definition) is 2. The molecule has 0 radical (unpaired) electrons. The van der Waals surface area contributed by atoms with Gasteiger partial charge < -0.3 is 15.5 Å². The first-order valence-corrected chi connectivity index (χ1v) is 6.30. The lowest BCUT2D eigenvalue weighted by atomic mass is 10.2. The van der Waals surface area contributed by atoms with Gasteiger partial charge in [0.05, 0.1) is 6.04 Å². The van der Waals surface area contributed by atoms with E-state index in [2.05, 4.69) is 15.6 Å². The fourth-order valence-electron chi connectivity index (χ4n) is 2.01. The summed E-state index contributed by atoms with van der Waals surface area (Å²) in [5, 5.41) is 5.85. The van der Waals surface area contributed by atoms with Crippen molar-refractivity contribution >= 4 is 17.6 Å². The second-order valence-electron chi connectivity index (χ2n) is 4.77. The number of amides is 2. The molecule has 0 bridgehead atoms. The van der Waals surface area contributed by atoms with Crippen LogP contribution < -0.4 is 10.6 Å². The highest BCUT2D eigenvalue weighted by atomic mass is 16.2. The molecular weight excluding hydrogens is 244 g/mol. The van der Waals surface area contributed by atoms with E-state index in [1.165, 1.54) is 11.1 Å². The minimum atomic E-state index is -0.157. The number of aromatic nitrogens is 1. The molecule has 1 aromatic rings. The molecule has 19 heavy (non-hydrogen) atoms. The quantitative estimate of drug-likeness (QED) is 0.830. The number of nitrogens with zero attached hydrogens (tertiary/aromatic N) is 2. The maximum Gasteiger partial charge on any atom is 0.253 e. The number of anilines is 1. The lowest BCUT2D eigenvalue weighted by molar-refractivity contribution is -0.117. The summed E-state index contributed by atoms with van der Waals surface area (Å²) >= 11 is 0. The van der Waals surface area contributed by atoms with Crippen molar-refractivity contribution < 1.29 is 9.59 Å². The molecule has 0 aromatic carbocycles. The Morgan fingerprint density at radius 3 is 2.89 bits per heavy atom. The van der Waals surface area contributed by atoms with Gasteiger partial charge >= 0.3 is 0 Å². The first-order chi connectivity index (χ1) is 9.08. The molecule has 2 amide bonds. The topological polar surface area (TPSA) is 74.3 Å². The number of carbonyl (C=O) groups is 2. The molecule has 2 N–H and O–H groups in total. The van der Waals surface area contributed by atoms with Gasteiger partial charge in [-0.05, 0) is 31.5 Å². The second-order valence-corrected chi connectivity index (χ2v) is 4.77. The summed E-state index contributed by atoms with van der Waals surface area (Å²) in [6, 6.07) is 3.07. The van der Waals surface area contributed by atoms with Gasteiger partial charge in [0.1, 0.15) is 5.82 Å². The van der Waals surface area contributed by atoms with Gasteiger partial charge in [-0.15, -0.1) is 0 Å². The molecule has 1 atom stereocenters. The van der Waals surface area contributed by atoms with E-state index in [1.54, 1.807) is 26.2 Å². The number of rotatable bonds is 3. The van der Waals surface area contributed by atoms with Crippen LogP contribution in [0.15, 0.2) is 18.3 Å². The van der Waals surface area contributed by atoms with E-state index in [0.29, 0.717) is 11.4 Å². The third kappa shape index (κ3) is 3.29. The zero-order valence-corrected chi connectivity index (χ0v) is 11.1. The van der Waals surface area contributed by atoms with E-state index in [0.717, 1.165) is 19.4 Å². The van der Waals surface area contributed by atoms with Gasteiger partial charge in [0.2, 0.25) is 5.91 Å². The predicted octanol–water partition coefficient (Wildman–Crippen LogP) is 0.474. The van der Waals surface area contributed by atoms with Gasteiger partial charge in [-0.3, -0.25) is 9.59 Å². The van der Waals surface area contributed by atoms with Crippen molar-refractivity contribution in [1.29, 1.82) is 0 Å². The molecule has 6 nitrogen and oxygen atoms in total. The minimum absolute atomic E-state index is 0.0977. The summed E-state index contributed by atoms with van der Waals surface area (Å²) in [4.78, 5) is 29.3. The average molecular weight is 262 g/mol. The Hall–Kier alpha value is -1.95. The largest absolute Gasteiger partial charge is 0.345 e. The van der Waals surface area contributed by atoms with E-state index < -0.39 is 0 Å². The molecule has 0 aliphatic carbocycles. The van der Waals surface area contributed by atoms with Crippen LogP contribution in [0, 0.1) is 0 Å². The molecular formula is C13H18N4O2. The molecule has 6 heteroatoms. The highest BCUT2D eigenvalue weighted by Gasteiger charge is 2.22. The van der Waals surface area contributed by atoms with Crippen LogP contribution in [-0.4, -0.2) is 48.4 Å². The summed E-state index contributed by atoms with van der Waals surface area (Å²) in [6.45, 7) is 0.866. The summed E-state index contributed by atoms with van der Waals surface area (Å²) in [7, 11) is 3.37. The van der Waals surface area contributed by atoms with Crippen molar-refractivity contribution in [1.82, 2.24) is 15.2 Å². The normalized spacial score (nSPS) is 18.1. The number of hydrogen-bond acceptors (Lipinski definition) is 4. The summed E-state index contributed by atoms with van der Waals surface area (Å²) in [6.07, 6.45) is 3.36. The molecule has 1 aliphatic rings. The van der Waals surface area contributed by atoms with Crippen molar-refractivity contribution in [3.8, 4) is 0 Å². The van der Waals surface area contributed by atoms with Gasteiger partial charge in [0.25, 0.3) is 5.91 Å². The van der Waals surface area contributed by atoms with Crippen molar-refractivity contribution in [3.63, 3.8) is 0 Å². The minimum Gasteiger partial charge on any atom is -0.345 e. The van der Waals surface area contributed by atoms with Crippen LogP contribution in [0.4, 0.5) is 5.82 Å². The smallest absolute Gasteiger partial charge is 0.253 e. The number of pyridine rings is 1. The van der Waals surface area contributed by atoms with Crippen LogP contribution in [0.5, 0.6) is 0 Å². The van der Waals surface area contributed by atoms with Gasteiger partial charge in [-0.1, -0.05) is 0 Å². The third-order valence-electron chi connectivity index (χ3n) is 3.04. The Bertz CT molecular complexity index is 481.